The molecule has 5 heteroatoms. The lowest BCUT2D eigenvalue weighted by Crippen LogP contribution is -2.42. The normalized spacial score (nSPS) is 17.2. The van der Waals surface area contributed by atoms with E-state index in [1.807, 2.05) is 12.1 Å². The lowest BCUT2D eigenvalue weighted by atomic mass is 9.85. The Morgan fingerprint density at radius 1 is 1.15 bits per heavy atom. The van der Waals surface area contributed by atoms with Gasteiger partial charge >= 0.3 is 11.9 Å². The second-order valence-electron chi connectivity index (χ2n) is 5.12. The van der Waals surface area contributed by atoms with Crippen molar-refractivity contribution in [1.29, 1.82) is 0 Å². The highest BCUT2D eigenvalue weighted by Gasteiger charge is 2.52. The summed E-state index contributed by atoms with van der Waals surface area (Å²) < 4.78 is 9.56. The van der Waals surface area contributed by atoms with Crippen LogP contribution < -0.4 is 0 Å². The van der Waals surface area contributed by atoms with E-state index in [0.29, 0.717) is 0 Å². The van der Waals surface area contributed by atoms with Gasteiger partial charge in [0.25, 0.3) is 0 Å². The summed E-state index contributed by atoms with van der Waals surface area (Å²) >= 11 is 0. The summed E-state index contributed by atoms with van der Waals surface area (Å²) in [7, 11) is 2.52. The van der Waals surface area contributed by atoms with Gasteiger partial charge in [0, 0.05) is 0 Å². The molecule has 1 aliphatic carbocycles. The van der Waals surface area contributed by atoms with Crippen molar-refractivity contribution in [1.82, 2.24) is 0 Å². The van der Waals surface area contributed by atoms with E-state index in [2.05, 4.69) is 0 Å². The van der Waals surface area contributed by atoms with Crippen LogP contribution in [-0.2, 0) is 31.9 Å². The van der Waals surface area contributed by atoms with Gasteiger partial charge in [-0.05, 0) is 36.5 Å². The second-order valence-corrected chi connectivity index (χ2v) is 5.12. The molecule has 0 saturated carbocycles. The molecule has 0 radical (unpaired) electrons. The first-order valence-electron chi connectivity index (χ1n) is 6.41. The van der Waals surface area contributed by atoms with Gasteiger partial charge in [-0.1, -0.05) is 18.2 Å². The SMILES string of the molecule is COC(=O)C1(C(=O)OC)Cc2ccc(C(C)O)cc2C1. The smallest absolute Gasteiger partial charge is 0.323 e. The van der Waals surface area contributed by atoms with Crippen molar-refractivity contribution in [2.45, 2.75) is 25.9 Å². The Balaban J connectivity index is 2.42. The van der Waals surface area contributed by atoms with E-state index < -0.39 is 23.5 Å². The molecule has 1 N–H and O–H groups in total. The standard InChI is InChI=1S/C15H18O5/c1-9(16)10-4-5-11-7-15(13(17)19-2,14(18)20-3)8-12(11)6-10/h4-6,9,16H,7-8H2,1-3H3. The van der Waals surface area contributed by atoms with Gasteiger partial charge < -0.3 is 14.6 Å². The molecular weight excluding hydrogens is 260 g/mol. The zero-order valence-electron chi connectivity index (χ0n) is 11.8. The number of hydrogen-bond acceptors (Lipinski definition) is 5. The number of rotatable bonds is 3. The lowest BCUT2D eigenvalue weighted by Gasteiger charge is -2.22. The van der Waals surface area contributed by atoms with Crippen LogP contribution in [0.5, 0.6) is 0 Å². The number of fused-ring (bicyclic) bond motifs is 1. The molecule has 1 aromatic rings. The molecule has 0 saturated heterocycles. The van der Waals surface area contributed by atoms with Crippen LogP contribution in [0.1, 0.15) is 29.7 Å². The number of carbonyl (C=O) groups excluding carboxylic acids is 2. The largest absolute Gasteiger partial charge is 0.468 e. The van der Waals surface area contributed by atoms with E-state index in [1.165, 1.54) is 14.2 Å². The van der Waals surface area contributed by atoms with E-state index in [4.69, 9.17) is 9.47 Å². The molecule has 1 aliphatic rings. The fourth-order valence-corrected chi connectivity index (χ4v) is 2.72. The quantitative estimate of drug-likeness (QED) is 0.663. The highest BCUT2D eigenvalue weighted by molar-refractivity contribution is 6.01. The molecule has 0 bridgehead atoms. The average molecular weight is 278 g/mol. The maximum Gasteiger partial charge on any atom is 0.323 e. The molecule has 0 heterocycles. The van der Waals surface area contributed by atoms with Crippen molar-refractivity contribution in [3.8, 4) is 0 Å². The number of hydrogen-bond donors (Lipinski definition) is 1. The van der Waals surface area contributed by atoms with E-state index in [0.717, 1.165) is 16.7 Å². The molecule has 1 atom stereocenters. The summed E-state index contributed by atoms with van der Waals surface area (Å²) in [6, 6.07) is 5.47. The predicted octanol–water partition coefficient (Wildman–Crippen LogP) is 1.17. The summed E-state index contributed by atoms with van der Waals surface area (Å²) in [5.74, 6) is -1.17. The monoisotopic (exact) mass is 278 g/mol. The summed E-state index contributed by atoms with van der Waals surface area (Å²) in [6.07, 6.45) is -0.0872. The molecule has 1 aromatic carbocycles. The molecule has 0 amide bonds. The average Bonchev–Trinajstić information content (AvgIpc) is 2.84. The fraction of sp³-hybridized carbons (Fsp3) is 0.467. The minimum Gasteiger partial charge on any atom is -0.468 e. The Kier molecular flexibility index (Phi) is 3.81. The number of aliphatic hydroxyl groups excluding tert-OH is 1. The highest BCUT2D eigenvalue weighted by atomic mass is 16.5. The van der Waals surface area contributed by atoms with E-state index in [-0.39, 0.29) is 12.8 Å². The van der Waals surface area contributed by atoms with Crippen molar-refractivity contribution in [3.05, 3.63) is 34.9 Å². The van der Waals surface area contributed by atoms with Gasteiger partial charge in [-0.15, -0.1) is 0 Å². The summed E-state index contributed by atoms with van der Waals surface area (Å²) in [6.45, 7) is 1.67. The number of ether oxygens (including phenoxy) is 2. The number of esters is 2. The van der Waals surface area contributed by atoms with Crippen molar-refractivity contribution in [2.75, 3.05) is 14.2 Å². The third-order valence-electron chi connectivity index (χ3n) is 3.85. The Morgan fingerprint density at radius 2 is 1.70 bits per heavy atom. The van der Waals surface area contributed by atoms with Crippen LogP contribution in [0.4, 0.5) is 0 Å². The fourth-order valence-electron chi connectivity index (χ4n) is 2.72. The first-order valence-corrected chi connectivity index (χ1v) is 6.41. The van der Waals surface area contributed by atoms with Crippen molar-refractivity contribution in [3.63, 3.8) is 0 Å². The molecule has 0 fully saturated rings. The Hall–Kier alpha value is -1.88. The molecular formula is C15H18O5. The van der Waals surface area contributed by atoms with Crippen LogP contribution >= 0.6 is 0 Å². The Morgan fingerprint density at radius 3 is 2.20 bits per heavy atom. The van der Waals surface area contributed by atoms with Gasteiger partial charge in [-0.3, -0.25) is 9.59 Å². The van der Waals surface area contributed by atoms with Gasteiger partial charge in [-0.25, -0.2) is 0 Å². The molecule has 0 aromatic heterocycles. The van der Waals surface area contributed by atoms with Gasteiger partial charge in [0.2, 0.25) is 0 Å². The molecule has 1 unspecified atom stereocenters. The lowest BCUT2D eigenvalue weighted by molar-refractivity contribution is -0.168. The van der Waals surface area contributed by atoms with Crippen LogP contribution in [0.2, 0.25) is 0 Å². The summed E-state index contributed by atoms with van der Waals surface area (Å²) in [5, 5.41) is 9.61. The number of benzene rings is 1. The third kappa shape index (κ3) is 2.18. The molecule has 5 nitrogen and oxygen atoms in total. The van der Waals surface area contributed by atoms with Crippen LogP contribution in [0.15, 0.2) is 18.2 Å². The zero-order chi connectivity index (χ0) is 14.9. The minimum atomic E-state index is -1.30. The Bertz CT molecular complexity index is 531. The second kappa shape index (κ2) is 5.25. The first-order chi connectivity index (χ1) is 9.44. The topological polar surface area (TPSA) is 72.8 Å². The van der Waals surface area contributed by atoms with Crippen molar-refractivity contribution < 1.29 is 24.2 Å². The number of aliphatic hydroxyl groups is 1. The highest BCUT2D eigenvalue weighted by Crippen LogP contribution is 2.40. The number of carbonyl (C=O) groups is 2. The predicted molar refractivity (Wildman–Crippen MR) is 70.9 cm³/mol. The van der Waals surface area contributed by atoms with Gasteiger partial charge in [0.1, 0.15) is 0 Å². The summed E-state index contributed by atoms with van der Waals surface area (Å²) in [4.78, 5) is 24.1. The van der Waals surface area contributed by atoms with Crippen LogP contribution in [0.3, 0.4) is 0 Å². The van der Waals surface area contributed by atoms with E-state index in [9.17, 15) is 14.7 Å². The van der Waals surface area contributed by atoms with Crippen molar-refractivity contribution in [2.24, 2.45) is 5.41 Å². The third-order valence-corrected chi connectivity index (χ3v) is 3.85. The number of methoxy groups -OCH3 is 2. The van der Waals surface area contributed by atoms with Crippen LogP contribution in [0, 0.1) is 5.41 Å². The van der Waals surface area contributed by atoms with Crippen LogP contribution in [0.25, 0.3) is 0 Å². The maximum absolute atomic E-state index is 12.1. The van der Waals surface area contributed by atoms with Gasteiger partial charge in [0.05, 0.1) is 20.3 Å². The van der Waals surface area contributed by atoms with Crippen LogP contribution in [-0.4, -0.2) is 31.3 Å². The molecule has 0 aliphatic heterocycles. The van der Waals surface area contributed by atoms with E-state index in [1.54, 1.807) is 13.0 Å². The maximum atomic E-state index is 12.1. The summed E-state index contributed by atoms with van der Waals surface area (Å²) in [5.41, 5.74) is 1.24. The Labute approximate surface area is 117 Å². The molecule has 20 heavy (non-hydrogen) atoms. The van der Waals surface area contributed by atoms with E-state index >= 15 is 0 Å². The zero-order valence-corrected chi connectivity index (χ0v) is 11.8. The van der Waals surface area contributed by atoms with Gasteiger partial charge in [0.15, 0.2) is 5.41 Å². The first kappa shape index (κ1) is 14.5. The molecule has 108 valence electrons. The molecule has 0 spiro atoms. The minimum absolute atomic E-state index is 0.238. The molecule has 2 rings (SSSR count). The van der Waals surface area contributed by atoms with Gasteiger partial charge in [-0.2, -0.15) is 0 Å². The van der Waals surface area contributed by atoms with Crippen molar-refractivity contribution >= 4 is 11.9 Å².